The van der Waals surface area contributed by atoms with Gasteiger partial charge in [-0.05, 0) is 73.0 Å². The van der Waals surface area contributed by atoms with Gasteiger partial charge in [-0.3, -0.25) is 13.9 Å². The zero-order valence-corrected chi connectivity index (χ0v) is 29.0. The second-order valence-corrected chi connectivity index (χ2v) is 13.8. The van der Waals surface area contributed by atoms with Crippen LogP contribution in [-0.2, 0) is 32.6 Å². The number of nitrogens with one attached hydrogen (secondary N) is 1. The summed E-state index contributed by atoms with van der Waals surface area (Å²) < 4.78 is 34.7. The maximum Gasteiger partial charge on any atom is 0.264 e. The van der Waals surface area contributed by atoms with Crippen LogP contribution >= 0.6 is 23.2 Å². The third kappa shape index (κ3) is 9.50. The van der Waals surface area contributed by atoms with Gasteiger partial charge in [-0.2, -0.15) is 0 Å². The van der Waals surface area contributed by atoms with Gasteiger partial charge >= 0.3 is 0 Å². The lowest BCUT2D eigenvalue weighted by atomic mass is 10.0. The van der Waals surface area contributed by atoms with Gasteiger partial charge in [0.15, 0.2) is 0 Å². The van der Waals surface area contributed by atoms with Gasteiger partial charge in [0.25, 0.3) is 10.0 Å². The molecule has 0 aliphatic rings. The number of nitrogens with zero attached hydrogens (tertiary/aromatic N) is 2. The van der Waals surface area contributed by atoms with Crippen LogP contribution < -0.4 is 14.4 Å². The van der Waals surface area contributed by atoms with Crippen molar-refractivity contribution in [1.29, 1.82) is 0 Å². The Morgan fingerprint density at radius 3 is 2.17 bits per heavy atom. The van der Waals surface area contributed by atoms with E-state index in [-0.39, 0.29) is 29.5 Å². The molecule has 0 saturated heterocycles. The van der Waals surface area contributed by atoms with Crippen molar-refractivity contribution in [1.82, 2.24) is 10.2 Å². The highest BCUT2D eigenvalue weighted by Gasteiger charge is 2.34. The molecule has 2 amide bonds. The van der Waals surface area contributed by atoms with E-state index >= 15 is 0 Å². The molecule has 0 aliphatic heterocycles. The Bertz CT molecular complexity index is 1750. The minimum atomic E-state index is -4.22. The molecule has 4 aromatic rings. The van der Waals surface area contributed by atoms with E-state index in [0.29, 0.717) is 27.9 Å². The molecule has 47 heavy (non-hydrogen) atoms. The van der Waals surface area contributed by atoms with Crippen LogP contribution in [-0.4, -0.2) is 51.4 Å². The Hall–Kier alpha value is -4.05. The molecule has 8 nitrogen and oxygen atoms in total. The number of halogens is 2. The predicted octanol–water partition coefficient (Wildman–Crippen LogP) is 7.06. The van der Waals surface area contributed by atoms with E-state index in [4.69, 9.17) is 27.9 Å². The smallest absolute Gasteiger partial charge is 0.264 e. The number of benzene rings is 4. The molecule has 0 bridgehead atoms. The number of rotatable bonds is 15. The van der Waals surface area contributed by atoms with Gasteiger partial charge in [0.1, 0.15) is 18.3 Å². The van der Waals surface area contributed by atoms with Crippen molar-refractivity contribution >= 4 is 50.7 Å². The number of hydrogen-bond acceptors (Lipinski definition) is 5. The molecule has 248 valence electrons. The monoisotopic (exact) mass is 695 g/mol. The molecular weight excluding hydrogens is 657 g/mol. The van der Waals surface area contributed by atoms with Crippen LogP contribution in [0.1, 0.15) is 36.5 Å². The van der Waals surface area contributed by atoms with Crippen LogP contribution in [0.4, 0.5) is 5.69 Å². The van der Waals surface area contributed by atoms with Crippen LogP contribution in [0.15, 0.2) is 102 Å². The van der Waals surface area contributed by atoms with Crippen LogP contribution in [0.3, 0.4) is 0 Å². The highest BCUT2D eigenvalue weighted by molar-refractivity contribution is 7.92. The first kappa shape index (κ1) is 35.8. The van der Waals surface area contributed by atoms with Gasteiger partial charge in [-0.25, -0.2) is 8.42 Å². The minimum absolute atomic E-state index is 0.0184. The molecule has 0 unspecified atom stereocenters. The zero-order chi connectivity index (χ0) is 34.0. The fourth-order valence-electron chi connectivity index (χ4n) is 5.01. The summed E-state index contributed by atoms with van der Waals surface area (Å²) >= 11 is 12.5. The summed E-state index contributed by atoms with van der Waals surface area (Å²) in [5, 5.41) is 3.62. The van der Waals surface area contributed by atoms with Crippen LogP contribution in [0.5, 0.6) is 5.75 Å². The van der Waals surface area contributed by atoms with E-state index in [1.807, 2.05) is 44.2 Å². The number of anilines is 1. The Kier molecular flexibility index (Phi) is 12.7. The summed E-state index contributed by atoms with van der Waals surface area (Å²) in [5.74, 6) is -0.386. The average molecular weight is 697 g/mol. The van der Waals surface area contributed by atoms with Crippen LogP contribution in [0.2, 0.25) is 10.0 Å². The van der Waals surface area contributed by atoms with E-state index in [2.05, 4.69) is 5.32 Å². The van der Waals surface area contributed by atoms with Gasteiger partial charge in [-0.15, -0.1) is 0 Å². The Labute approximate surface area is 287 Å². The number of carbonyl (C=O) groups excluding carboxylic acids is 2. The molecule has 0 spiro atoms. The highest BCUT2D eigenvalue weighted by Crippen LogP contribution is 2.28. The summed E-state index contributed by atoms with van der Waals surface area (Å²) in [5.41, 5.74) is 2.63. The quantitative estimate of drug-likeness (QED) is 0.134. The van der Waals surface area contributed by atoms with Crippen molar-refractivity contribution in [3.05, 3.63) is 124 Å². The lowest BCUT2D eigenvalue weighted by Crippen LogP contribution is -2.53. The summed E-state index contributed by atoms with van der Waals surface area (Å²) in [6.07, 6.45) is 1.85. The van der Waals surface area contributed by atoms with Crippen molar-refractivity contribution in [3.63, 3.8) is 0 Å². The Morgan fingerprint density at radius 2 is 1.55 bits per heavy atom. The number of carbonyl (C=O) groups is 2. The number of hydrogen-bond donors (Lipinski definition) is 1. The molecule has 1 atom stereocenters. The predicted molar refractivity (Wildman–Crippen MR) is 188 cm³/mol. The molecule has 4 aromatic carbocycles. The fourth-order valence-corrected chi connectivity index (χ4v) is 6.74. The maximum atomic E-state index is 14.6. The first-order chi connectivity index (χ1) is 22.5. The zero-order valence-electron chi connectivity index (χ0n) is 26.7. The molecule has 4 rings (SSSR count). The van der Waals surface area contributed by atoms with Gasteiger partial charge in [0.05, 0.1) is 27.7 Å². The molecule has 0 aliphatic carbocycles. The Morgan fingerprint density at radius 1 is 0.872 bits per heavy atom. The molecule has 0 fully saturated rings. The van der Waals surface area contributed by atoms with E-state index in [1.54, 1.807) is 54.6 Å². The number of ether oxygens (including phenoxy) is 1. The van der Waals surface area contributed by atoms with Crippen molar-refractivity contribution < 1.29 is 22.7 Å². The minimum Gasteiger partial charge on any atom is -0.497 e. The van der Waals surface area contributed by atoms with Crippen LogP contribution in [0.25, 0.3) is 0 Å². The SMILES string of the molecule is CCCCNC(=O)[C@H](Cc1ccccc1)N(Cc1ccc(Cl)c(Cl)c1)C(=O)CN(c1ccc(OC)cc1)S(=O)(=O)c1ccc(C)cc1. The number of aryl methyl sites for hydroxylation is 1. The first-order valence-corrected chi connectivity index (χ1v) is 17.5. The number of amides is 2. The van der Waals surface area contributed by atoms with Crippen molar-refractivity contribution in [2.45, 2.75) is 50.6 Å². The second kappa shape index (κ2) is 16.7. The van der Waals surface area contributed by atoms with Crippen LogP contribution in [0, 0.1) is 6.92 Å². The van der Waals surface area contributed by atoms with Gasteiger partial charge in [0.2, 0.25) is 11.8 Å². The van der Waals surface area contributed by atoms with E-state index < -0.39 is 28.5 Å². The van der Waals surface area contributed by atoms with Gasteiger partial charge < -0.3 is 15.0 Å². The average Bonchev–Trinajstić information content (AvgIpc) is 3.07. The summed E-state index contributed by atoms with van der Waals surface area (Å²) in [4.78, 5) is 29.9. The van der Waals surface area contributed by atoms with Crippen molar-refractivity contribution in [3.8, 4) is 5.75 Å². The standard InChI is InChI=1S/C36H39Cl2N3O5S/c1-4-5-21-39-36(43)34(23-27-9-7-6-8-10-27)40(24-28-13-20-32(37)33(38)22-28)35(42)25-41(29-14-16-30(46-3)17-15-29)47(44,45)31-18-11-26(2)12-19-31/h6-20,22,34H,4-5,21,23-25H2,1-3H3,(H,39,43)/t34-/m0/s1. The molecule has 11 heteroatoms. The molecule has 0 radical (unpaired) electrons. The molecule has 0 aromatic heterocycles. The van der Waals surface area contributed by atoms with Crippen molar-refractivity contribution in [2.75, 3.05) is 24.5 Å². The third-order valence-corrected chi connectivity index (χ3v) is 10.2. The second-order valence-electron chi connectivity index (χ2n) is 11.1. The third-order valence-electron chi connectivity index (χ3n) is 7.69. The number of sulfonamides is 1. The molecule has 1 N–H and O–H groups in total. The van der Waals surface area contributed by atoms with Gasteiger partial charge in [0, 0.05) is 19.5 Å². The first-order valence-electron chi connectivity index (χ1n) is 15.3. The number of unbranched alkanes of at least 4 members (excludes halogenated alkanes) is 1. The lowest BCUT2D eigenvalue weighted by molar-refractivity contribution is -0.140. The van der Waals surface area contributed by atoms with E-state index in [9.17, 15) is 18.0 Å². The lowest BCUT2D eigenvalue weighted by Gasteiger charge is -2.34. The fraction of sp³-hybridized carbons (Fsp3) is 0.278. The van der Waals surface area contributed by atoms with Gasteiger partial charge in [-0.1, -0.05) is 90.6 Å². The topological polar surface area (TPSA) is 96.0 Å². The number of methoxy groups -OCH3 is 1. The molecule has 0 heterocycles. The van der Waals surface area contributed by atoms with E-state index in [0.717, 1.165) is 28.3 Å². The molecular formula is C36H39Cl2N3O5S. The summed E-state index contributed by atoms with van der Waals surface area (Å²) in [6.45, 7) is 3.73. The maximum absolute atomic E-state index is 14.6. The summed E-state index contributed by atoms with van der Waals surface area (Å²) in [7, 11) is -2.71. The Balaban J connectivity index is 1.80. The van der Waals surface area contributed by atoms with E-state index in [1.165, 1.54) is 24.1 Å². The normalized spacial score (nSPS) is 11.9. The molecule has 0 saturated carbocycles. The summed E-state index contributed by atoms with van der Waals surface area (Å²) in [6, 6.07) is 26.3. The van der Waals surface area contributed by atoms with Crippen molar-refractivity contribution in [2.24, 2.45) is 0 Å². The highest BCUT2D eigenvalue weighted by atomic mass is 35.5. The largest absolute Gasteiger partial charge is 0.497 e.